The molecule has 0 unspecified atom stereocenters. The summed E-state index contributed by atoms with van der Waals surface area (Å²) in [4.78, 5) is 4.21. The predicted molar refractivity (Wildman–Crippen MR) is 48.7 cm³/mol. The molecule has 0 saturated carbocycles. The molecule has 5 nitrogen and oxygen atoms in total. The van der Waals surface area contributed by atoms with Crippen LogP contribution in [0.1, 0.15) is 5.82 Å². The fraction of sp³-hybridized carbons (Fsp3) is 0.250. The van der Waals surface area contributed by atoms with Gasteiger partial charge in [0.15, 0.2) is 5.82 Å². The van der Waals surface area contributed by atoms with Crippen LogP contribution in [-0.4, -0.2) is 19.7 Å². The SMILES string of the molecule is Cn1ccc(-c2n[nH]c(CN)n2)c1. The van der Waals surface area contributed by atoms with Crippen molar-refractivity contribution in [1.82, 2.24) is 19.7 Å². The Morgan fingerprint density at radius 2 is 2.46 bits per heavy atom. The first-order valence-corrected chi connectivity index (χ1v) is 4.03. The van der Waals surface area contributed by atoms with Crippen LogP contribution in [0.2, 0.25) is 0 Å². The minimum absolute atomic E-state index is 0.389. The maximum Gasteiger partial charge on any atom is 0.182 e. The standard InChI is InChI=1S/C8H11N5/c1-13-3-2-6(5-13)8-10-7(4-9)11-12-8/h2-3,5H,4,9H2,1H3,(H,10,11,12). The molecular formula is C8H11N5. The lowest BCUT2D eigenvalue weighted by Crippen LogP contribution is -1.97. The number of nitrogens with zero attached hydrogens (tertiary/aromatic N) is 3. The molecule has 0 aliphatic heterocycles. The molecule has 0 atom stereocenters. The number of H-pyrrole nitrogens is 1. The summed E-state index contributed by atoms with van der Waals surface area (Å²) in [5.74, 6) is 1.40. The second kappa shape index (κ2) is 3.02. The van der Waals surface area contributed by atoms with Gasteiger partial charge in [-0.05, 0) is 6.07 Å². The summed E-state index contributed by atoms with van der Waals surface area (Å²) in [6.07, 6.45) is 3.91. The maximum absolute atomic E-state index is 5.41. The van der Waals surface area contributed by atoms with Crippen LogP contribution >= 0.6 is 0 Å². The number of rotatable bonds is 2. The van der Waals surface area contributed by atoms with Gasteiger partial charge in [0, 0.05) is 25.0 Å². The number of aromatic amines is 1. The molecule has 0 radical (unpaired) electrons. The Bertz CT molecular complexity index is 400. The van der Waals surface area contributed by atoms with Crippen LogP contribution in [0.5, 0.6) is 0 Å². The molecule has 0 aliphatic rings. The van der Waals surface area contributed by atoms with Crippen molar-refractivity contribution in [1.29, 1.82) is 0 Å². The molecular weight excluding hydrogens is 166 g/mol. The molecule has 68 valence electrons. The summed E-state index contributed by atoms with van der Waals surface area (Å²) in [5.41, 5.74) is 6.41. The van der Waals surface area contributed by atoms with Crippen LogP contribution in [0.15, 0.2) is 18.5 Å². The van der Waals surface area contributed by atoms with Gasteiger partial charge in [0.25, 0.3) is 0 Å². The van der Waals surface area contributed by atoms with Crippen LogP contribution < -0.4 is 5.73 Å². The summed E-state index contributed by atoms with van der Waals surface area (Å²) in [5, 5.41) is 6.81. The van der Waals surface area contributed by atoms with Crippen molar-refractivity contribution < 1.29 is 0 Å². The van der Waals surface area contributed by atoms with E-state index in [1.807, 2.05) is 30.1 Å². The van der Waals surface area contributed by atoms with Crippen molar-refractivity contribution in [2.75, 3.05) is 0 Å². The van der Waals surface area contributed by atoms with Gasteiger partial charge in [-0.15, -0.1) is 0 Å². The normalized spacial score (nSPS) is 10.6. The van der Waals surface area contributed by atoms with Crippen molar-refractivity contribution in [2.45, 2.75) is 6.54 Å². The molecule has 5 heteroatoms. The molecule has 2 aromatic heterocycles. The van der Waals surface area contributed by atoms with Crippen LogP contribution in [-0.2, 0) is 13.6 Å². The van der Waals surface area contributed by atoms with Crippen molar-refractivity contribution in [3.8, 4) is 11.4 Å². The highest BCUT2D eigenvalue weighted by molar-refractivity contribution is 5.53. The maximum atomic E-state index is 5.41. The molecule has 2 heterocycles. The number of aromatic nitrogens is 4. The van der Waals surface area contributed by atoms with E-state index in [9.17, 15) is 0 Å². The average Bonchev–Trinajstić information content (AvgIpc) is 2.71. The van der Waals surface area contributed by atoms with Gasteiger partial charge in [0.1, 0.15) is 5.82 Å². The number of hydrogen-bond donors (Lipinski definition) is 2. The van der Waals surface area contributed by atoms with Crippen LogP contribution in [0.3, 0.4) is 0 Å². The highest BCUT2D eigenvalue weighted by atomic mass is 15.2. The molecule has 3 N–H and O–H groups in total. The molecule has 0 fully saturated rings. The zero-order valence-corrected chi connectivity index (χ0v) is 7.36. The quantitative estimate of drug-likeness (QED) is 0.691. The fourth-order valence-corrected chi connectivity index (χ4v) is 1.15. The molecule has 13 heavy (non-hydrogen) atoms. The van der Waals surface area contributed by atoms with Gasteiger partial charge in [0.2, 0.25) is 0 Å². The Labute approximate surface area is 75.6 Å². The number of hydrogen-bond acceptors (Lipinski definition) is 3. The summed E-state index contributed by atoms with van der Waals surface area (Å²) >= 11 is 0. The van der Waals surface area contributed by atoms with E-state index >= 15 is 0 Å². The zero-order chi connectivity index (χ0) is 9.26. The summed E-state index contributed by atoms with van der Waals surface area (Å²) in [7, 11) is 1.96. The highest BCUT2D eigenvalue weighted by Gasteiger charge is 2.04. The van der Waals surface area contributed by atoms with Gasteiger partial charge < -0.3 is 10.3 Å². The molecule has 0 spiro atoms. The van der Waals surface area contributed by atoms with Crippen molar-refractivity contribution >= 4 is 0 Å². The van der Waals surface area contributed by atoms with Crippen molar-refractivity contribution in [3.05, 3.63) is 24.3 Å². The Morgan fingerprint density at radius 3 is 3.00 bits per heavy atom. The Balaban J connectivity index is 2.35. The van der Waals surface area contributed by atoms with Gasteiger partial charge in [-0.1, -0.05) is 0 Å². The smallest absolute Gasteiger partial charge is 0.182 e. The largest absolute Gasteiger partial charge is 0.357 e. The highest BCUT2D eigenvalue weighted by Crippen LogP contribution is 2.13. The predicted octanol–water partition coefficient (Wildman–Crippen LogP) is 0.269. The summed E-state index contributed by atoms with van der Waals surface area (Å²) < 4.78 is 1.95. The topological polar surface area (TPSA) is 72.5 Å². The molecule has 0 bridgehead atoms. The van der Waals surface area contributed by atoms with E-state index in [4.69, 9.17) is 5.73 Å². The van der Waals surface area contributed by atoms with Crippen LogP contribution in [0.25, 0.3) is 11.4 Å². The van der Waals surface area contributed by atoms with Gasteiger partial charge in [0.05, 0.1) is 6.54 Å². The minimum Gasteiger partial charge on any atom is -0.357 e. The Kier molecular flexibility index (Phi) is 1.86. The van der Waals surface area contributed by atoms with E-state index in [1.54, 1.807) is 0 Å². The third kappa shape index (κ3) is 1.46. The Hall–Kier alpha value is -1.62. The van der Waals surface area contributed by atoms with Crippen LogP contribution in [0, 0.1) is 0 Å². The van der Waals surface area contributed by atoms with E-state index in [2.05, 4.69) is 15.2 Å². The van der Waals surface area contributed by atoms with Gasteiger partial charge in [-0.25, -0.2) is 4.98 Å². The van der Waals surface area contributed by atoms with E-state index in [1.165, 1.54) is 0 Å². The summed E-state index contributed by atoms with van der Waals surface area (Å²) in [6, 6.07) is 1.96. The Morgan fingerprint density at radius 1 is 1.62 bits per heavy atom. The van der Waals surface area contributed by atoms with E-state index < -0.39 is 0 Å². The van der Waals surface area contributed by atoms with Gasteiger partial charge in [-0.2, -0.15) is 5.10 Å². The lowest BCUT2D eigenvalue weighted by molar-refractivity contribution is 0.917. The van der Waals surface area contributed by atoms with Crippen molar-refractivity contribution in [3.63, 3.8) is 0 Å². The lowest BCUT2D eigenvalue weighted by atomic mass is 10.3. The number of aryl methyl sites for hydroxylation is 1. The molecule has 0 saturated heterocycles. The van der Waals surface area contributed by atoms with E-state index in [0.29, 0.717) is 18.2 Å². The first-order valence-electron chi connectivity index (χ1n) is 4.03. The second-order valence-corrected chi connectivity index (χ2v) is 2.88. The third-order valence-electron chi connectivity index (χ3n) is 1.82. The number of nitrogens with two attached hydrogens (primary N) is 1. The molecule has 0 amide bonds. The fourth-order valence-electron chi connectivity index (χ4n) is 1.15. The van der Waals surface area contributed by atoms with E-state index in [-0.39, 0.29) is 0 Å². The first-order chi connectivity index (χ1) is 6.29. The molecule has 0 aromatic carbocycles. The zero-order valence-electron chi connectivity index (χ0n) is 7.36. The monoisotopic (exact) mass is 177 g/mol. The number of nitrogens with one attached hydrogen (secondary N) is 1. The average molecular weight is 177 g/mol. The third-order valence-corrected chi connectivity index (χ3v) is 1.82. The van der Waals surface area contributed by atoms with E-state index in [0.717, 1.165) is 5.56 Å². The second-order valence-electron chi connectivity index (χ2n) is 2.88. The van der Waals surface area contributed by atoms with Crippen LogP contribution in [0.4, 0.5) is 0 Å². The van der Waals surface area contributed by atoms with Gasteiger partial charge >= 0.3 is 0 Å². The summed E-state index contributed by atoms with van der Waals surface area (Å²) in [6.45, 7) is 0.389. The first kappa shape index (κ1) is 8.00. The van der Waals surface area contributed by atoms with Gasteiger partial charge in [-0.3, -0.25) is 5.10 Å². The minimum atomic E-state index is 0.389. The molecule has 2 rings (SSSR count). The molecule has 0 aliphatic carbocycles. The lowest BCUT2D eigenvalue weighted by Gasteiger charge is -1.86. The molecule has 2 aromatic rings. The van der Waals surface area contributed by atoms with Crippen molar-refractivity contribution in [2.24, 2.45) is 12.8 Å².